The quantitative estimate of drug-likeness (QED) is 0.0773. The molecule has 4 heterocycles. The molecular weight excluding hydrogens is 768 g/mol. The number of ether oxygens (including phenoxy) is 7. The molecule has 0 aliphatic carbocycles. The van der Waals surface area contributed by atoms with Crippen LogP contribution in [0.2, 0.25) is 0 Å². The summed E-state index contributed by atoms with van der Waals surface area (Å²) in [5, 5.41) is 142. The lowest BCUT2D eigenvalue weighted by atomic mass is 9.88. The van der Waals surface area contributed by atoms with Crippen molar-refractivity contribution in [2.45, 2.75) is 155 Å². The van der Waals surface area contributed by atoms with E-state index in [4.69, 9.17) is 33.2 Å². The van der Waals surface area contributed by atoms with Crippen molar-refractivity contribution < 1.29 is 114 Å². The van der Waals surface area contributed by atoms with E-state index in [0.29, 0.717) is 0 Å². The Labute approximate surface area is 317 Å². The fourth-order valence-electron chi connectivity index (χ4n) is 6.99. The first-order valence-corrected chi connectivity index (χ1v) is 17.6. The lowest BCUT2D eigenvalue weighted by Crippen LogP contribution is -2.71. The fourth-order valence-corrected chi connectivity index (χ4v) is 6.99. The molecule has 4 saturated heterocycles. The molecule has 15 N–H and O–H groups in total. The van der Waals surface area contributed by atoms with Gasteiger partial charge in [0.15, 0.2) is 18.9 Å². The van der Waals surface area contributed by atoms with E-state index in [1.54, 1.807) is 0 Å². The van der Waals surface area contributed by atoms with Gasteiger partial charge in [-0.15, -0.1) is 0 Å². The van der Waals surface area contributed by atoms with Gasteiger partial charge in [0.2, 0.25) is 11.8 Å². The standard InChI is InChI=1S/C31H52N2O23/c1-8-17(41)20(44)21(45)28(50-8)54-25-16(33-10(3)38)27(47)51-14(7-36)23(25)53-29-22(46)26(19(43)13(6-35)52-29)56-31(30(48)49)4-11(39)15(32-9(2)37)24(55-31)18(42)12(40)5-34/h8,11-29,34-36,39-47H,4-7H2,1-3H3,(H,32,37)(H,33,38)(H,48,49)/t8-,11-,12+,13+,14+,15+,16+,17+,18+,19-,20+,21-,22+,23+,24+,25+,26-,27?,28-,29+,31-/m0/s1. The summed E-state index contributed by atoms with van der Waals surface area (Å²) in [6.07, 6.45) is -35.1. The normalized spacial score (nSPS) is 45.7. The summed E-state index contributed by atoms with van der Waals surface area (Å²) in [6, 6.07) is -3.22. The van der Waals surface area contributed by atoms with E-state index in [1.807, 2.05) is 0 Å². The fraction of sp³-hybridized carbons (Fsp3) is 0.903. The zero-order valence-corrected chi connectivity index (χ0v) is 30.3. The van der Waals surface area contributed by atoms with Crippen molar-refractivity contribution >= 4 is 17.8 Å². The number of carbonyl (C=O) groups excluding carboxylic acids is 2. The monoisotopic (exact) mass is 820 g/mol. The average Bonchev–Trinajstić information content (AvgIpc) is 3.14. The molecule has 25 heteroatoms. The first-order chi connectivity index (χ1) is 26.2. The Morgan fingerprint density at radius 3 is 1.86 bits per heavy atom. The summed E-state index contributed by atoms with van der Waals surface area (Å²) in [7, 11) is 0. The molecule has 25 nitrogen and oxygen atoms in total. The highest BCUT2D eigenvalue weighted by Gasteiger charge is 2.60. The zero-order valence-electron chi connectivity index (χ0n) is 30.3. The SMILES string of the molecule is CC(=O)N[C@H]1[C@H]([C@H](O)[C@H](O)CO)O[C@@](O[C@H]2[C@@H](O)[C@@H](CO)O[C@H](O[C@H]3[C@H](O[C@@H]4O[C@@H](C)[C@@H](O)[C@@H](O)[C@@H]4O)[C@@H](NC(C)=O)C(O)O[C@@H]3CO)[C@@H]2O)(C(=O)O)C[C@@H]1O. The first-order valence-electron chi connectivity index (χ1n) is 17.6. The van der Waals surface area contributed by atoms with Gasteiger partial charge in [-0.25, -0.2) is 4.79 Å². The van der Waals surface area contributed by atoms with Crippen LogP contribution >= 0.6 is 0 Å². The number of aliphatic hydroxyl groups is 12. The Kier molecular flexibility index (Phi) is 15.8. The summed E-state index contributed by atoms with van der Waals surface area (Å²) in [6.45, 7) is 0.283. The number of carboxylic acids is 1. The van der Waals surface area contributed by atoms with Crippen LogP contribution in [0.15, 0.2) is 0 Å². The highest BCUT2D eigenvalue weighted by molar-refractivity contribution is 5.76. The van der Waals surface area contributed by atoms with Gasteiger partial charge in [0.05, 0.1) is 38.1 Å². The number of nitrogens with one attached hydrogen (secondary N) is 2. The van der Waals surface area contributed by atoms with E-state index in [2.05, 4.69) is 10.6 Å². The van der Waals surface area contributed by atoms with Crippen molar-refractivity contribution in [3.05, 3.63) is 0 Å². The molecule has 4 fully saturated rings. The third kappa shape index (κ3) is 9.74. The minimum atomic E-state index is -3.12. The third-order valence-corrected chi connectivity index (χ3v) is 9.94. The van der Waals surface area contributed by atoms with E-state index in [9.17, 15) is 80.8 Å². The minimum absolute atomic E-state index is 0.767. The Morgan fingerprint density at radius 1 is 0.732 bits per heavy atom. The lowest BCUT2D eigenvalue weighted by Gasteiger charge is -2.51. The summed E-state index contributed by atoms with van der Waals surface area (Å²) < 4.78 is 39.7. The van der Waals surface area contributed by atoms with E-state index in [0.717, 1.165) is 13.8 Å². The number of aliphatic hydroxyl groups excluding tert-OH is 12. The van der Waals surface area contributed by atoms with E-state index < -0.39 is 172 Å². The molecule has 0 aromatic rings. The molecule has 4 rings (SSSR count). The number of carbonyl (C=O) groups is 3. The molecule has 0 aromatic heterocycles. The van der Waals surface area contributed by atoms with Crippen molar-refractivity contribution in [3.63, 3.8) is 0 Å². The summed E-state index contributed by atoms with van der Waals surface area (Å²) in [5.74, 6) is -6.69. The molecule has 0 spiro atoms. The van der Waals surface area contributed by atoms with Crippen LogP contribution in [0, 0.1) is 0 Å². The second kappa shape index (κ2) is 19.1. The van der Waals surface area contributed by atoms with Crippen LogP contribution in [0.4, 0.5) is 0 Å². The van der Waals surface area contributed by atoms with Gasteiger partial charge in [0.25, 0.3) is 5.79 Å². The van der Waals surface area contributed by atoms with E-state index in [-0.39, 0.29) is 0 Å². The maximum Gasteiger partial charge on any atom is 0.364 e. The Hall–Kier alpha value is -2.35. The maximum atomic E-state index is 12.9. The molecule has 4 aliphatic heterocycles. The number of carboxylic acid groups (broad SMARTS) is 1. The van der Waals surface area contributed by atoms with Crippen LogP contribution < -0.4 is 10.6 Å². The van der Waals surface area contributed by atoms with Crippen LogP contribution in [0.5, 0.6) is 0 Å². The van der Waals surface area contributed by atoms with Crippen molar-refractivity contribution in [1.82, 2.24) is 10.6 Å². The predicted molar refractivity (Wildman–Crippen MR) is 173 cm³/mol. The van der Waals surface area contributed by atoms with Gasteiger partial charge in [-0.1, -0.05) is 0 Å². The summed E-state index contributed by atoms with van der Waals surface area (Å²) in [5.41, 5.74) is 0. The number of hydrogen-bond donors (Lipinski definition) is 15. The van der Waals surface area contributed by atoms with Gasteiger partial charge in [-0.2, -0.15) is 0 Å². The molecule has 324 valence electrons. The van der Waals surface area contributed by atoms with Crippen molar-refractivity contribution in [1.29, 1.82) is 0 Å². The van der Waals surface area contributed by atoms with Gasteiger partial charge in [0.1, 0.15) is 85.4 Å². The van der Waals surface area contributed by atoms with E-state index in [1.165, 1.54) is 6.92 Å². The summed E-state index contributed by atoms with van der Waals surface area (Å²) >= 11 is 0. The Bertz CT molecular complexity index is 1330. The molecule has 1 unspecified atom stereocenters. The Balaban J connectivity index is 1.71. The zero-order chi connectivity index (χ0) is 42.0. The molecular formula is C31H52N2O23. The predicted octanol–water partition coefficient (Wildman–Crippen LogP) is -9.23. The minimum Gasteiger partial charge on any atom is -0.477 e. The smallest absolute Gasteiger partial charge is 0.364 e. The van der Waals surface area contributed by atoms with Gasteiger partial charge in [0, 0.05) is 20.3 Å². The van der Waals surface area contributed by atoms with Crippen LogP contribution in [0.25, 0.3) is 0 Å². The highest BCUT2D eigenvalue weighted by Crippen LogP contribution is 2.39. The van der Waals surface area contributed by atoms with Crippen molar-refractivity contribution in [2.24, 2.45) is 0 Å². The van der Waals surface area contributed by atoms with Crippen LogP contribution in [0.3, 0.4) is 0 Å². The van der Waals surface area contributed by atoms with Gasteiger partial charge < -0.3 is 110 Å². The molecule has 4 aliphatic rings. The molecule has 0 aromatic carbocycles. The number of hydrogen-bond acceptors (Lipinski definition) is 22. The summed E-state index contributed by atoms with van der Waals surface area (Å²) in [4.78, 5) is 37.0. The average molecular weight is 821 g/mol. The highest BCUT2D eigenvalue weighted by atomic mass is 16.8. The molecule has 56 heavy (non-hydrogen) atoms. The van der Waals surface area contributed by atoms with Gasteiger partial charge in [-0.3, -0.25) is 9.59 Å². The lowest BCUT2D eigenvalue weighted by molar-refractivity contribution is -0.390. The largest absolute Gasteiger partial charge is 0.477 e. The van der Waals surface area contributed by atoms with Crippen LogP contribution in [-0.2, 0) is 47.5 Å². The molecule has 21 atom stereocenters. The molecule has 2 amide bonds. The maximum absolute atomic E-state index is 12.9. The molecule has 0 bridgehead atoms. The molecule has 0 saturated carbocycles. The third-order valence-electron chi connectivity index (χ3n) is 9.94. The van der Waals surface area contributed by atoms with E-state index >= 15 is 0 Å². The Morgan fingerprint density at radius 2 is 1.30 bits per heavy atom. The molecule has 0 radical (unpaired) electrons. The first kappa shape index (κ1) is 46.3. The number of rotatable bonds is 14. The number of aliphatic carboxylic acids is 1. The second-order valence-electron chi connectivity index (χ2n) is 14.0. The van der Waals surface area contributed by atoms with Crippen LogP contribution in [-0.4, -0.2) is 232 Å². The van der Waals surface area contributed by atoms with Crippen molar-refractivity contribution in [2.75, 3.05) is 19.8 Å². The van der Waals surface area contributed by atoms with Crippen LogP contribution in [0.1, 0.15) is 27.2 Å². The second-order valence-corrected chi connectivity index (χ2v) is 14.0. The van der Waals surface area contributed by atoms with Gasteiger partial charge >= 0.3 is 5.97 Å². The topological polar surface area (TPSA) is 403 Å². The van der Waals surface area contributed by atoms with Gasteiger partial charge in [-0.05, 0) is 6.92 Å². The number of amides is 2. The van der Waals surface area contributed by atoms with Crippen molar-refractivity contribution in [3.8, 4) is 0 Å².